The number of amides is 1. The van der Waals surface area contributed by atoms with Crippen LogP contribution in [0.15, 0.2) is 29.4 Å². The maximum Gasteiger partial charge on any atom is 0.217 e. The topological polar surface area (TPSA) is 129 Å². The molecule has 2 fully saturated rings. The second kappa shape index (κ2) is 15.3. The van der Waals surface area contributed by atoms with Gasteiger partial charge < -0.3 is 39.2 Å². The Balaban J connectivity index is 1.13. The lowest BCUT2D eigenvalue weighted by Gasteiger charge is -2.44. The third-order valence-electron chi connectivity index (χ3n) is 5.79. The van der Waals surface area contributed by atoms with Crippen molar-refractivity contribution in [3.63, 3.8) is 0 Å². The number of carbonyl (C=O) groups is 1. The molecule has 0 spiro atoms. The zero-order chi connectivity index (χ0) is 24.9. The molecule has 3 N–H and O–H groups in total. The average molecular weight is 533 g/mol. The van der Waals surface area contributed by atoms with E-state index in [1.165, 1.54) is 6.92 Å². The summed E-state index contributed by atoms with van der Waals surface area (Å²) >= 11 is 0. The van der Waals surface area contributed by atoms with Crippen molar-refractivity contribution in [2.24, 2.45) is 0 Å². The summed E-state index contributed by atoms with van der Waals surface area (Å²) in [6, 6.07) is 5.25. The van der Waals surface area contributed by atoms with Crippen LogP contribution >= 0.6 is 21.6 Å². The lowest BCUT2D eigenvalue weighted by molar-refractivity contribution is -0.226. The van der Waals surface area contributed by atoms with Gasteiger partial charge in [-0.25, -0.2) is 4.98 Å². The molecule has 2 bridgehead atoms. The van der Waals surface area contributed by atoms with E-state index in [4.69, 9.17) is 23.7 Å². The van der Waals surface area contributed by atoms with Crippen LogP contribution in [0.2, 0.25) is 0 Å². The average Bonchev–Trinajstić information content (AvgIpc) is 3.26. The first kappa shape index (κ1) is 28.6. The highest BCUT2D eigenvalue weighted by molar-refractivity contribution is 8.76. The Morgan fingerprint density at radius 3 is 2.46 bits per heavy atom. The summed E-state index contributed by atoms with van der Waals surface area (Å²) in [4.78, 5) is 15.6. The fourth-order valence-corrected chi connectivity index (χ4v) is 5.84. The van der Waals surface area contributed by atoms with Crippen LogP contribution in [0.25, 0.3) is 0 Å². The Morgan fingerprint density at radius 1 is 1.11 bits per heavy atom. The summed E-state index contributed by atoms with van der Waals surface area (Å²) in [5.74, 6) is 0.614. The number of aliphatic hydroxyl groups is 2. The number of ether oxygens (including phenoxy) is 5. The molecule has 0 unspecified atom stereocenters. The van der Waals surface area contributed by atoms with E-state index in [2.05, 4.69) is 10.3 Å². The summed E-state index contributed by atoms with van der Waals surface area (Å²) in [6.45, 7) is 4.89. The summed E-state index contributed by atoms with van der Waals surface area (Å²) < 4.78 is 28.2. The number of fused-ring (bicyclic) bond motifs is 2. The number of rotatable bonds is 17. The molecule has 35 heavy (non-hydrogen) atoms. The number of nitrogens with zero attached hydrogens (tertiary/aromatic N) is 1. The van der Waals surface area contributed by atoms with E-state index in [0.29, 0.717) is 59.1 Å². The second-order valence-electron chi connectivity index (χ2n) is 8.38. The molecule has 1 aromatic heterocycles. The van der Waals surface area contributed by atoms with Crippen LogP contribution < -0.4 is 5.32 Å². The molecule has 2 saturated heterocycles. The number of carbonyl (C=O) groups excluding carboxylic acids is 1. The molecular formula is C23H36N2O8S2. The lowest BCUT2D eigenvalue weighted by Crippen LogP contribution is -2.65. The number of aromatic nitrogens is 1. The molecule has 0 saturated carbocycles. The van der Waals surface area contributed by atoms with E-state index >= 15 is 0 Å². The summed E-state index contributed by atoms with van der Waals surface area (Å²) in [5.41, 5.74) is -0.947. The van der Waals surface area contributed by atoms with Crippen molar-refractivity contribution in [2.45, 2.75) is 54.7 Å². The molecule has 0 radical (unpaired) electrons. The van der Waals surface area contributed by atoms with E-state index in [9.17, 15) is 15.0 Å². The van der Waals surface area contributed by atoms with Gasteiger partial charge >= 0.3 is 0 Å². The van der Waals surface area contributed by atoms with Gasteiger partial charge in [-0.05, 0) is 35.8 Å². The number of nitrogens with one attached hydrogen (secondary N) is 1. The van der Waals surface area contributed by atoms with Gasteiger partial charge in [0.15, 0.2) is 0 Å². The van der Waals surface area contributed by atoms with Gasteiger partial charge in [0.05, 0.1) is 65.0 Å². The van der Waals surface area contributed by atoms with Crippen molar-refractivity contribution in [2.75, 3.05) is 58.6 Å². The van der Waals surface area contributed by atoms with Crippen LogP contribution in [0, 0.1) is 0 Å². The molecule has 2 aliphatic rings. The molecule has 198 valence electrons. The minimum Gasteiger partial charge on any atom is -0.388 e. The van der Waals surface area contributed by atoms with Crippen LogP contribution in [0.5, 0.6) is 0 Å². The maximum absolute atomic E-state index is 11.4. The van der Waals surface area contributed by atoms with E-state index < -0.39 is 23.9 Å². The van der Waals surface area contributed by atoms with Crippen molar-refractivity contribution in [1.29, 1.82) is 0 Å². The van der Waals surface area contributed by atoms with Crippen LogP contribution in [-0.4, -0.2) is 110 Å². The zero-order valence-electron chi connectivity index (χ0n) is 20.0. The Kier molecular flexibility index (Phi) is 12.5. The fourth-order valence-electron chi connectivity index (χ4n) is 4.10. The molecule has 1 aromatic rings. The van der Waals surface area contributed by atoms with E-state index in [-0.39, 0.29) is 18.6 Å². The third-order valence-corrected chi connectivity index (χ3v) is 8.02. The smallest absolute Gasteiger partial charge is 0.217 e. The van der Waals surface area contributed by atoms with Crippen molar-refractivity contribution < 1.29 is 38.7 Å². The molecule has 3 rings (SSSR count). The van der Waals surface area contributed by atoms with Crippen molar-refractivity contribution in [3.8, 4) is 0 Å². The van der Waals surface area contributed by atoms with E-state index in [1.807, 2.05) is 18.2 Å². The SMILES string of the molecule is CC(=O)N[C@@H]1[C@@H](O)[C@@H](O)[C@]2(COCCOCCOCCOCCSSc3ccccn3)CC[C@H]1O2. The Hall–Kier alpha value is -0.960. The van der Waals surface area contributed by atoms with Crippen LogP contribution in [0.4, 0.5) is 0 Å². The van der Waals surface area contributed by atoms with Gasteiger partial charge in [0.1, 0.15) is 22.8 Å². The molecule has 10 nitrogen and oxygen atoms in total. The van der Waals surface area contributed by atoms with Crippen LogP contribution in [0.1, 0.15) is 19.8 Å². The predicted molar refractivity (Wildman–Crippen MR) is 132 cm³/mol. The standard InChI is InChI=1S/C23H36N2O8S2/c1-17(26)25-20-18-5-6-23(33-18,22(28)21(20)27)16-32-13-12-30-9-8-29-10-11-31-14-15-34-35-19-4-2-3-7-24-19/h2-4,7,18,20-22,27-28H,5-6,8-16H2,1H3,(H,25,26)/t18-,20+,21-,22-,23-/m1/s1. The van der Waals surface area contributed by atoms with Gasteiger partial charge in [-0.3, -0.25) is 4.79 Å². The summed E-state index contributed by atoms with van der Waals surface area (Å²) in [7, 11) is 3.35. The zero-order valence-corrected chi connectivity index (χ0v) is 21.6. The largest absolute Gasteiger partial charge is 0.388 e. The van der Waals surface area contributed by atoms with Gasteiger partial charge in [0.2, 0.25) is 5.91 Å². The molecule has 12 heteroatoms. The number of aliphatic hydroxyl groups excluding tert-OH is 2. The third kappa shape index (κ3) is 9.13. The summed E-state index contributed by atoms with van der Waals surface area (Å²) in [6.07, 6.45) is 0.431. The summed E-state index contributed by atoms with van der Waals surface area (Å²) in [5, 5.41) is 24.7. The monoisotopic (exact) mass is 532 g/mol. The van der Waals surface area contributed by atoms with Gasteiger partial charge in [-0.1, -0.05) is 16.9 Å². The maximum atomic E-state index is 11.4. The van der Waals surface area contributed by atoms with Crippen molar-refractivity contribution >= 4 is 27.5 Å². The lowest BCUT2D eigenvalue weighted by atomic mass is 9.88. The fraction of sp³-hybridized carbons (Fsp3) is 0.739. The molecule has 1 amide bonds. The van der Waals surface area contributed by atoms with Gasteiger partial charge in [-0.15, -0.1) is 0 Å². The normalized spacial score (nSPS) is 27.7. The minimum absolute atomic E-state index is 0.157. The highest BCUT2D eigenvalue weighted by atomic mass is 33.1. The van der Waals surface area contributed by atoms with E-state index in [1.54, 1.807) is 27.8 Å². The molecule has 2 aliphatic heterocycles. The first-order valence-electron chi connectivity index (χ1n) is 11.8. The molecule has 0 aliphatic carbocycles. The number of hydrogen-bond donors (Lipinski definition) is 3. The van der Waals surface area contributed by atoms with Crippen molar-refractivity contribution in [3.05, 3.63) is 24.4 Å². The highest BCUT2D eigenvalue weighted by Gasteiger charge is 2.58. The van der Waals surface area contributed by atoms with Gasteiger partial charge in [0.25, 0.3) is 0 Å². The Labute approximate surface area is 214 Å². The molecule has 5 atom stereocenters. The Morgan fingerprint density at radius 2 is 1.80 bits per heavy atom. The Bertz CT molecular complexity index is 749. The highest BCUT2D eigenvalue weighted by Crippen LogP contribution is 2.42. The van der Waals surface area contributed by atoms with Crippen molar-refractivity contribution in [1.82, 2.24) is 10.3 Å². The minimum atomic E-state index is -1.13. The quantitative estimate of drug-likeness (QED) is 0.197. The number of hydrogen-bond acceptors (Lipinski definition) is 11. The first-order chi connectivity index (χ1) is 17.0. The van der Waals surface area contributed by atoms with Crippen LogP contribution in [0.3, 0.4) is 0 Å². The van der Waals surface area contributed by atoms with E-state index in [0.717, 1.165) is 10.8 Å². The number of pyridine rings is 1. The molecular weight excluding hydrogens is 496 g/mol. The predicted octanol–water partition coefficient (Wildman–Crippen LogP) is 1.05. The van der Waals surface area contributed by atoms with Crippen LogP contribution in [-0.2, 0) is 28.5 Å². The first-order valence-corrected chi connectivity index (χ1v) is 14.2. The van der Waals surface area contributed by atoms with Gasteiger partial charge in [0, 0.05) is 18.9 Å². The van der Waals surface area contributed by atoms with Gasteiger partial charge in [-0.2, -0.15) is 0 Å². The molecule has 0 aromatic carbocycles. The molecule has 3 heterocycles. The second-order valence-corrected chi connectivity index (χ2v) is 10.8.